The van der Waals surface area contributed by atoms with Gasteiger partial charge in [-0.3, -0.25) is 9.59 Å². The number of Topliss-reactive ketones (excluding diaryl/α,β-unsaturated/α-hetero) is 1. The molecule has 0 saturated heterocycles. The number of ketones is 1. The van der Waals surface area contributed by atoms with Crippen molar-refractivity contribution in [2.75, 3.05) is 16.8 Å². The number of fused-ring (bicyclic) bond motifs is 1. The number of ether oxygens (including phenoxy) is 1. The zero-order valence-corrected chi connectivity index (χ0v) is 22.7. The lowest BCUT2D eigenvalue weighted by molar-refractivity contribution is -0.118. The van der Waals surface area contributed by atoms with Gasteiger partial charge in [0.2, 0.25) is 5.91 Å². The average molecular weight is 544 g/mol. The number of rotatable bonds is 4. The zero-order valence-electron chi connectivity index (χ0n) is 21.9. The Balaban J connectivity index is 0.000000202. The van der Waals surface area contributed by atoms with Crippen LogP contribution in [0.3, 0.4) is 0 Å². The molecule has 0 saturated carbocycles. The van der Waals surface area contributed by atoms with Gasteiger partial charge < -0.3 is 20.1 Å². The van der Waals surface area contributed by atoms with Crippen LogP contribution in [0.5, 0.6) is 11.5 Å². The number of phenolic OH excluding ortho intramolecular Hbond substituents is 1. The smallest absolute Gasteiger partial charge is 0.241 e. The third-order valence-electron chi connectivity index (χ3n) is 6.47. The van der Waals surface area contributed by atoms with Crippen molar-refractivity contribution in [3.63, 3.8) is 0 Å². The molecule has 3 aromatic rings. The Hall–Kier alpha value is -4.28. The van der Waals surface area contributed by atoms with E-state index in [1.54, 1.807) is 12.1 Å². The quantitative estimate of drug-likeness (QED) is 0.358. The third-order valence-corrected chi connectivity index (χ3v) is 6.71. The Morgan fingerprint density at radius 3 is 2.56 bits per heavy atom. The molecule has 2 aliphatic rings. The van der Waals surface area contributed by atoms with Crippen molar-refractivity contribution in [2.45, 2.75) is 39.7 Å². The van der Waals surface area contributed by atoms with E-state index in [0.717, 1.165) is 17.0 Å². The van der Waals surface area contributed by atoms with Crippen LogP contribution in [0, 0.1) is 16.7 Å². The number of nitriles is 1. The number of halogens is 1. The Morgan fingerprint density at radius 1 is 1.10 bits per heavy atom. The lowest BCUT2D eigenvalue weighted by Crippen LogP contribution is -2.36. The van der Waals surface area contributed by atoms with Gasteiger partial charge in [-0.05, 0) is 47.7 Å². The first-order valence-corrected chi connectivity index (χ1v) is 13.0. The predicted octanol–water partition coefficient (Wildman–Crippen LogP) is 6.63. The van der Waals surface area contributed by atoms with Crippen molar-refractivity contribution in [2.24, 2.45) is 5.41 Å². The fourth-order valence-corrected chi connectivity index (χ4v) is 4.80. The Bertz CT molecular complexity index is 1440. The number of para-hydroxylation sites is 1. The molecule has 0 spiro atoms. The first kappa shape index (κ1) is 27.7. The number of nitrogens with one attached hydrogen (secondary N) is 1. The number of allylic oxidation sites excluding steroid dienone is 1. The Labute approximate surface area is 233 Å². The van der Waals surface area contributed by atoms with Crippen LogP contribution in [-0.2, 0) is 16.2 Å². The monoisotopic (exact) mass is 543 g/mol. The number of hydrogen-bond donors (Lipinski definition) is 2. The van der Waals surface area contributed by atoms with Crippen LogP contribution in [0.4, 0.5) is 11.4 Å². The number of hydrogen-bond acceptors (Lipinski definition) is 6. The van der Waals surface area contributed by atoms with Crippen LogP contribution in [0.25, 0.3) is 0 Å². The van der Waals surface area contributed by atoms with Gasteiger partial charge in [0, 0.05) is 22.7 Å². The third kappa shape index (κ3) is 6.98. The van der Waals surface area contributed by atoms with Gasteiger partial charge in [-0.2, -0.15) is 5.26 Å². The highest BCUT2D eigenvalue weighted by Gasteiger charge is 2.37. The van der Waals surface area contributed by atoms with E-state index >= 15 is 0 Å². The summed E-state index contributed by atoms with van der Waals surface area (Å²) in [5.41, 5.74) is 3.15. The maximum atomic E-state index is 12.6. The first-order valence-electron chi connectivity index (χ1n) is 12.6. The topological polar surface area (TPSA) is 103 Å². The minimum absolute atomic E-state index is 0.00389. The fourth-order valence-electron chi connectivity index (χ4n) is 4.62. The summed E-state index contributed by atoms with van der Waals surface area (Å²) >= 11 is 5.85. The molecule has 7 nitrogen and oxygen atoms in total. The highest BCUT2D eigenvalue weighted by atomic mass is 35.5. The van der Waals surface area contributed by atoms with Crippen molar-refractivity contribution in [1.29, 1.82) is 5.26 Å². The van der Waals surface area contributed by atoms with Gasteiger partial charge in [-0.15, -0.1) is 0 Å². The van der Waals surface area contributed by atoms with Crippen LogP contribution in [0.2, 0.25) is 5.02 Å². The molecule has 39 heavy (non-hydrogen) atoms. The average Bonchev–Trinajstić information content (AvgIpc) is 3.06. The fraction of sp³-hybridized carbons (Fsp3) is 0.258. The predicted molar refractivity (Wildman–Crippen MR) is 152 cm³/mol. The normalized spacial score (nSPS) is 15.4. The number of nitrogens with zero attached hydrogens (tertiary/aromatic N) is 2. The van der Waals surface area contributed by atoms with Gasteiger partial charge in [-0.1, -0.05) is 67.9 Å². The molecule has 0 unspecified atom stereocenters. The summed E-state index contributed by atoms with van der Waals surface area (Å²) in [6.07, 6.45) is 0.787. The van der Waals surface area contributed by atoms with Crippen molar-refractivity contribution in [1.82, 2.24) is 0 Å². The number of aromatic hydroxyl groups is 1. The van der Waals surface area contributed by atoms with E-state index in [0.29, 0.717) is 41.4 Å². The van der Waals surface area contributed by atoms with Gasteiger partial charge in [0.15, 0.2) is 5.78 Å². The minimum Gasteiger partial charge on any atom is -0.506 e. The second-order valence-corrected chi connectivity index (χ2v) is 10.7. The number of benzene rings is 3. The van der Waals surface area contributed by atoms with Gasteiger partial charge >= 0.3 is 0 Å². The molecule has 0 radical (unpaired) electrons. The molecule has 2 N–H and O–H groups in total. The standard InChI is InChI=1S/C18H19N3O3.C13H11ClO/c1-18(2)8-12-11(15(23)9-18)10-21(16(24)6-7-19)13-4-3-5-14(22)17(13)20-12;14-12-7-4-8-13(9-12)15-10-11-5-2-1-3-6-11/h3-5,20,22H,6,8-10H2,1-2H3;1-9H,10H2. The van der Waals surface area contributed by atoms with Crippen LogP contribution in [0.15, 0.2) is 84.1 Å². The summed E-state index contributed by atoms with van der Waals surface area (Å²) in [4.78, 5) is 26.4. The van der Waals surface area contributed by atoms with Crippen molar-refractivity contribution in [3.05, 3.63) is 94.7 Å². The Morgan fingerprint density at radius 2 is 1.85 bits per heavy atom. The van der Waals surface area contributed by atoms with Crippen LogP contribution >= 0.6 is 11.6 Å². The SMILES string of the molecule is CC1(C)CC(=O)C2=C(C1)Nc1c(O)cccc1N(C(=O)CC#N)C2.Clc1cccc(OCc2ccccc2)c1. The molecule has 0 atom stereocenters. The number of phenols is 1. The number of amides is 1. The molecule has 0 aromatic heterocycles. The van der Waals surface area contributed by atoms with E-state index < -0.39 is 5.91 Å². The number of carbonyl (C=O) groups is 2. The van der Waals surface area contributed by atoms with Crippen molar-refractivity contribution >= 4 is 34.7 Å². The number of carbonyl (C=O) groups excluding carboxylic acids is 2. The molecular weight excluding hydrogens is 514 g/mol. The molecule has 1 amide bonds. The molecule has 1 aliphatic heterocycles. The van der Waals surface area contributed by atoms with Gasteiger partial charge in [0.25, 0.3) is 0 Å². The molecule has 0 bridgehead atoms. The van der Waals surface area contributed by atoms with Crippen LogP contribution in [0.1, 0.15) is 38.7 Å². The summed E-state index contributed by atoms with van der Waals surface area (Å²) in [5.74, 6) is 0.409. The van der Waals surface area contributed by atoms with Gasteiger partial charge in [0.05, 0.1) is 18.3 Å². The van der Waals surface area contributed by atoms with E-state index in [4.69, 9.17) is 21.6 Å². The summed E-state index contributed by atoms with van der Waals surface area (Å²) in [6, 6.07) is 24.2. The maximum Gasteiger partial charge on any atom is 0.241 e. The molecule has 8 heteroatoms. The van der Waals surface area contributed by atoms with E-state index in [2.05, 4.69) is 5.32 Å². The zero-order chi connectivity index (χ0) is 28.0. The molecular formula is C31H30ClN3O4. The molecule has 1 aliphatic carbocycles. The summed E-state index contributed by atoms with van der Waals surface area (Å²) in [6.45, 7) is 4.73. The van der Waals surface area contributed by atoms with E-state index in [-0.39, 0.29) is 29.9 Å². The van der Waals surface area contributed by atoms with Gasteiger partial charge in [-0.25, -0.2) is 0 Å². The van der Waals surface area contributed by atoms with E-state index in [1.807, 2.05) is 74.5 Å². The van der Waals surface area contributed by atoms with E-state index in [9.17, 15) is 14.7 Å². The molecule has 1 heterocycles. The largest absolute Gasteiger partial charge is 0.506 e. The molecule has 3 aromatic carbocycles. The summed E-state index contributed by atoms with van der Waals surface area (Å²) < 4.78 is 5.59. The van der Waals surface area contributed by atoms with Crippen LogP contribution < -0.4 is 15.0 Å². The second-order valence-electron chi connectivity index (χ2n) is 10.2. The molecule has 5 rings (SSSR count). The first-order chi connectivity index (χ1) is 18.7. The lowest BCUT2D eigenvalue weighted by Gasteiger charge is -2.32. The van der Waals surface area contributed by atoms with Crippen molar-refractivity contribution in [3.8, 4) is 17.6 Å². The van der Waals surface area contributed by atoms with Crippen LogP contribution in [-0.4, -0.2) is 23.3 Å². The minimum atomic E-state index is -0.391. The maximum absolute atomic E-state index is 12.6. The Kier molecular flexibility index (Phi) is 8.58. The van der Waals surface area contributed by atoms with Gasteiger partial charge in [0.1, 0.15) is 30.2 Å². The lowest BCUT2D eigenvalue weighted by atomic mass is 9.75. The molecule has 200 valence electrons. The molecule has 0 fully saturated rings. The summed E-state index contributed by atoms with van der Waals surface area (Å²) in [5, 5.41) is 22.9. The number of anilines is 2. The van der Waals surface area contributed by atoms with E-state index in [1.165, 1.54) is 11.0 Å². The van der Waals surface area contributed by atoms with Crippen molar-refractivity contribution < 1.29 is 19.4 Å². The summed E-state index contributed by atoms with van der Waals surface area (Å²) in [7, 11) is 0. The highest BCUT2D eigenvalue weighted by Crippen LogP contribution is 2.44. The highest BCUT2D eigenvalue weighted by molar-refractivity contribution is 6.30. The second kappa shape index (κ2) is 12.1.